The van der Waals surface area contributed by atoms with Gasteiger partial charge in [-0.15, -0.1) is 0 Å². The zero-order valence-electron chi connectivity index (χ0n) is 18.5. The molecule has 174 valence electrons. The van der Waals surface area contributed by atoms with E-state index in [0.29, 0.717) is 18.7 Å². The van der Waals surface area contributed by atoms with Crippen LogP contribution in [0.1, 0.15) is 44.3 Å². The Morgan fingerprint density at radius 2 is 1.82 bits per heavy atom. The average molecular weight is 478 g/mol. The van der Waals surface area contributed by atoms with E-state index in [1.54, 1.807) is 24.3 Å². The zero-order valence-corrected chi connectivity index (χ0v) is 19.4. The van der Waals surface area contributed by atoms with Crippen LogP contribution in [0.3, 0.4) is 0 Å². The Kier molecular flexibility index (Phi) is 5.66. The standard InChI is InChI=1S/C25H23N3O5S/c1-33-21-10-9-17(15-28-24(29)20-8-5-12-26-23(20)25(28)30)14-22(21)34(31,32)27-13-11-19(16-27)18-6-3-2-4-7-18/h2-10,12,14,19H,11,13,15-16H2,1H3/t19-/m1/s1. The number of imide groups is 1. The van der Waals surface area contributed by atoms with Gasteiger partial charge in [-0.1, -0.05) is 36.4 Å². The number of carbonyl (C=O) groups excluding carboxylic acids is 2. The number of hydrogen-bond donors (Lipinski definition) is 0. The van der Waals surface area contributed by atoms with E-state index in [2.05, 4.69) is 4.98 Å². The van der Waals surface area contributed by atoms with E-state index in [1.807, 2.05) is 30.3 Å². The summed E-state index contributed by atoms with van der Waals surface area (Å²) in [5.41, 5.74) is 1.98. The number of aromatic nitrogens is 1. The molecule has 5 rings (SSSR count). The van der Waals surface area contributed by atoms with E-state index in [1.165, 1.54) is 23.7 Å². The van der Waals surface area contributed by atoms with Crippen LogP contribution in [0.4, 0.5) is 0 Å². The highest BCUT2D eigenvalue weighted by Gasteiger charge is 2.38. The second kappa shape index (κ2) is 8.66. The predicted octanol–water partition coefficient (Wildman–Crippen LogP) is 3.06. The maximum Gasteiger partial charge on any atom is 0.280 e. The third kappa shape index (κ3) is 3.76. The van der Waals surface area contributed by atoms with Crippen LogP contribution in [0.5, 0.6) is 5.75 Å². The molecule has 2 aliphatic heterocycles. The van der Waals surface area contributed by atoms with Crippen molar-refractivity contribution in [2.75, 3.05) is 20.2 Å². The molecular weight excluding hydrogens is 454 g/mol. The van der Waals surface area contributed by atoms with Crippen LogP contribution in [-0.4, -0.2) is 54.6 Å². The molecule has 0 unspecified atom stereocenters. The molecular formula is C25H23N3O5S. The molecule has 3 heterocycles. The number of rotatable bonds is 6. The minimum Gasteiger partial charge on any atom is -0.495 e. The van der Waals surface area contributed by atoms with Gasteiger partial charge in [0.05, 0.1) is 19.2 Å². The SMILES string of the molecule is COc1ccc(CN2C(=O)c3cccnc3C2=O)cc1S(=O)(=O)N1CC[C@@H](c2ccccc2)C1. The molecule has 0 saturated carbocycles. The minimum atomic E-state index is -3.85. The van der Waals surface area contributed by atoms with Crippen LogP contribution in [0.2, 0.25) is 0 Å². The maximum absolute atomic E-state index is 13.6. The van der Waals surface area contributed by atoms with Crippen molar-refractivity contribution < 1.29 is 22.7 Å². The average Bonchev–Trinajstić information content (AvgIpc) is 3.46. The Bertz CT molecular complexity index is 1340. The molecule has 1 saturated heterocycles. The van der Waals surface area contributed by atoms with E-state index < -0.39 is 21.8 Å². The third-order valence-electron chi connectivity index (χ3n) is 6.34. The Balaban J connectivity index is 1.42. The summed E-state index contributed by atoms with van der Waals surface area (Å²) in [6, 6.07) is 17.7. The van der Waals surface area contributed by atoms with E-state index >= 15 is 0 Å². The molecule has 2 amide bonds. The van der Waals surface area contributed by atoms with Crippen LogP contribution in [0, 0.1) is 0 Å². The van der Waals surface area contributed by atoms with Crippen molar-refractivity contribution in [1.29, 1.82) is 0 Å². The summed E-state index contributed by atoms with van der Waals surface area (Å²) in [5.74, 6) is -0.600. The van der Waals surface area contributed by atoms with E-state index in [0.717, 1.165) is 16.9 Å². The van der Waals surface area contributed by atoms with Gasteiger partial charge < -0.3 is 4.74 Å². The van der Waals surface area contributed by atoms with Crippen molar-refractivity contribution >= 4 is 21.8 Å². The van der Waals surface area contributed by atoms with Gasteiger partial charge in [0.2, 0.25) is 10.0 Å². The molecule has 3 aromatic rings. The molecule has 1 fully saturated rings. The molecule has 1 atom stereocenters. The van der Waals surface area contributed by atoms with Gasteiger partial charge >= 0.3 is 0 Å². The Morgan fingerprint density at radius 1 is 1.03 bits per heavy atom. The van der Waals surface area contributed by atoms with E-state index in [4.69, 9.17) is 4.74 Å². The van der Waals surface area contributed by atoms with Gasteiger partial charge in [0.1, 0.15) is 16.3 Å². The van der Waals surface area contributed by atoms with Crippen molar-refractivity contribution in [2.45, 2.75) is 23.8 Å². The van der Waals surface area contributed by atoms with Crippen molar-refractivity contribution in [2.24, 2.45) is 0 Å². The number of pyridine rings is 1. The fourth-order valence-electron chi connectivity index (χ4n) is 4.54. The summed E-state index contributed by atoms with van der Waals surface area (Å²) in [7, 11) is -2.43. The molecule has 0 aliphatic carbocycles. The predicted molar refractivity (Wildman–Crippen MR) is 124 cm³/mol. The molecule has 1 aromatic heterocycles. The number of nitrogens with zero attached hydrogens (tertiary/aromatic N) is 3. The fourth-order valence-corrected chi connectivity index (χ4v) is 6.25. The lowest BCUT2D eigenvalue weighted by molar-refractivity contribution is 0.0640. The molecule has 0 N–H and O–H groups in total. The zero-order chi connectivity index (χ0) is 23.9. The molecule has 0 spiro atoms. The van der Waals surface area contributed by atoms with Gasteiger partial charge in [0, 0.05) is 19.3 Å². The normalized spacial score (nSPS) is 18.4. The lowest BCUT2D eigenvalue weighted by atomic mass is 9.99. The number of benzene rings is 2. The number of carbonyl (C=O) groups is 2. The van der Waals surface area contributed by atoms with Crippen LogP contribution in [0.15, 0.2) is 71.8 Å². The number of hydrogen-bond acceptors (Lipinski definition) is 6. The summed E-state index contributed by atoms with van der Waals surface area (Å²) >= 11 is 0. The summed E-state index contributed by atoms with van der Waals surface area (Å²) < 4.78 is 34.0. The Morgan fingerprint density at radius 3 is 2.56 bits per heavy atom. The van der Waals surface area contributed by atoms with Crippen LogP contribution in [0.25, 0.3) is 0 Å². The van der Waals surface area contributed by atoms with Gasteiger partial charge in [0.25, 0.3) is 11.8 Å². The number of sulfonamides is 1. The molecule has 0 radical (unpaired) electrons. The van der Waals surface area contributed by atoms with Crippen molar-refractivity contribution in [3.63, 3.8) is 0 Å². The third-order valence-corrected chi connectivity index (χ3v) is 8.23. The minimum absolute atomic E-state index is 0.0240. The first-order chi connectivity index (χ1) is 16.4. The number of fused-ring (bicyclic) bond motifs is 1. The van der Waals surface area contributed by atoms with Crippen molar-refractivity contribution in [3.8, 4) is 5.75 Å². The topological polar surface area (TPSA) is 96.9 Å². The monoisotopic (exact) mass is 477 g/mol. The van der Waals surface area contributed by atoms with Crippen LogP contribution < -0.4 is 4.74 Å². The van der Waals surface area contributed by atoms with Gasteiger partial charge in [-0.2, -0.15) is 4.31 Å². The van der Waals surface area contributed by atoms with Crippen LogP contribution in [-0.2, 0) is 16.6 Å². The van der Waals surface area contributed by atoms with Gasteiger partial charge in [-0.3, -0.25) is 19.5 Å². The maximum atomic E-state index is 13.6. The molecule has 34 heavy (non-hydrogen) atoms. The quantitative estimate of drug-likeness (QED) is 0.506. The fraction of sp³-hybridized carbons (Fsp3) is 0.240. The summed E-state index contributed by atoms with van der Waals surface area (Å²) in [6.45, 7) is 0.719. The molecule has 2 aromatic carbocycles. The van der Waals surface area contributed by atoms with E-state index in [9.17, 15) is 18.0 Å². The second-order valence-corrected chi connectivity index (χ2v) is 10.2. The number of ether oxygens (including phenoxy) is 1. The van der Waals surface area contributed by atoms with Crippen molar-refractivity contribution in [3.05, 3.63) is 89.2 Å². The lowest BCUT2D eigenvalue weighted by Crippen LogP contribution is -2.30. The first-order valence-corrected chi connectivity index (χ1v) is 12.4. The first-order valence-electron chi connectivity index (χ1n) is 10.9. The molecule has 8 nitrogen and oxygen atoms in total. The summed E-state index contributed by atoms with van der Waals surface area (Å²) in [6.07, 6.45) is 2.19. The van der Waals surface area contributed by atoms with Gasteiger partial charge in [-0.05, 0) is 47.7 Å². The van der Waals surface area contributed by atoms with Gasteiger partial charge in [-0.25, -0.2) is 8.42 Å². The lowest BCUT2D eigenvalue weighted by Gasteiger charge is -2.20. The van der Waals surface area contributed by atoms with E-state index in [-0.39, 0.29) is 34.4 Å². The Labute approximate surface area is 197 Å². The van der Waals surface area contributed by atoms with Gasteiger partial charge in [0.15, 0.2) is 0 Å². The Hall–Kier alpha value is -3.56. The highest BCUT2D eigenvalue weighted by atomic mass is 32.2. The highest BCUT2D eigenvalue weighted by Crippen LogP contribution is 2.35. The van der Waals surface area contributed by atoms with Crippen molar-refractivity contribution in [1.82, 2.24) is 14.2 Å². The second-order valence-electron chi connectivity index (χ2n) is 8.34. The number of methoxy groups -OCH3 is 1. The molecule has 9 heteroatoms. The van der Waals surface area contributed by atoms with Crippen LogP contribution >= 0.6 is 0 Å². The molecule has 0 bridgehead atoms. The first kappa shape index (κ1) is 22.2. The molecule has 2 aliphatic rings. The summed E-state index contributed by atoms with van der Waals surface area (Å²) in [4.78, 5) is 30.5. The smallest absolute Gasteiger partial charge is 0.280 e. The summed E-state index contributed by atoms with van der Waals surface area (Å²) in [5, 5.41) is 0. The number of amides is 2. The highest BCUT2D eigenvalue weighted by molar-refractivity contribution is 7.89. The largest absolute Gasteiger partial charge is 0.495 e.